The highest BCUT2D eigenvalue weighted by Crippen LogP contribution is 2.44. The van der Waals surface area contributed by atoms with E-state index in [2.05, 4.69) is 34.9 Å². The first-order valence-corrected chi connectivity index (χ1v) is 11.6. The van der Waals surface area contributed by atoms with Crippen LogP contribution in [-0.4, -0.2) is 42.3 Å². The summed E-state index contributed by atoms with van der Waals surface area (Å²) in [5.74, 6) is -1.15. The molecule has 0 bridgehead atoms. The number of hydrogen-bond acceptors (Lipinski definition) is 4. The molecule has 1 fully saturated rings. The molecule has 0 aliphatic heterocycles. The Bertz CT molecular complexity index is 985. The van der Waals surface area contributed by atoms with Crippen molar-refractivity contribution in [3.05, 3.63) is 59.7 Å². The van der Waals surface area contributed by atoms with Gasteiger partial charge in [0.05, 0.1) is 0 Å². The molecule has 2 aliphatic carbocycles. The van der Waals surface area contributed by atoms with Crippen molar-refractivity contribution in [1.29, 1.82) is 0 Å². The first-order chi connectivity index (χ1) is 16.0. The van der Waals surface area contributed by atoms with E-state index in [0.717, 1.165) is 0 Å². The third-order valence-corrected chi connectivity index (χ3v) is 6.78. The van der Waals surface area contributed by atoms with E-state index in [-0.39, 0.29) is 42.7 Å². The summed E-state index contributed by atoms with van der Waals surface area (Å²) in [7, 11) is 0. The topological polar surface area (TPSA) is 105 Å². The third kappa shape index (κ3) is 5.18. The van der Waals surface area contributed by atoms with Gasteiger partial charge in [0.15, 0.2) is 0 Å². The molecule has 0 radical (unpaired) electrons. The van der Waals surface area contributed by atoms with Crippen molar-refractivity contribution < 1.29 is 24.2 Å². The van der Waals surface area contributed by atoms with Crippen LogP contribution in [0.1, 0.15) is 49.7 Å². The fourth-order valence-corrected chi connectivity index (χ4v) is 4.75. The fraction of sp³-hybridized carbons (Fsp3) is 0.423. The average Bonchev–Trinajstić information content (AvgIpc) is 3.10. The van der Waals surface area contributed by atoms with Gasteiger partial charge in [-0.05, 0) is 41.0 Å². The predicted octanol–water partition coefficient (Wildman–Crippen LogP) is 3.92. The fourth-order valence-electron chi connectivity index (χ4n) is 4.75. The maximum atomic E-state index is 12.4. The number of carbonyl (C=O) groups excluding carboxylic acids is 2. The lowest BCUT2D eigenvalue weighted by atomic mass is 9.79. The number of hydrogen-bond donors (Lipinski definition) is 3. The van der Waals surface area contributed by atoms with E-state index in [1.807, 2.05) is 31.2 Å². The van der Waals surface area contributed by atoms with Crippen LogP contribution in [0.3, 0.4) is 0 Å². The van der Waals surface area contributed by atoms with Gasteiger partial charge in [0.1, 0.15) is 6.61 Å². The van der Waals surface area contributed by atoms with Crippen molar-refractivity contribution in [2.24, 2.45) is 11.8 Å². The van der Waals surface area contributed by atoms with Crippen LogP contribution < -0.4 is 10.6 Å². The standard InChI is InChI=1S/C26H30N2O5/c1-2-16(11-24(29)30)14-27-25(31)17-12-18(13-17)28-26(32)33-15-23-21-9-5-3-7-19(21)20-8-4-6-10-22(20)23/h3-10,16-18,23H,2,11-15H2,1H3,(H,27,31)(H,28,32)(H,29,30). The number of fused-ring (bicyclic) bond motifs is 3. The number of rotatable bonds is 9. The number of amides is 2. The van der Waals surface area contributed by atoms with Crippen molar-refractivity contribution in [3.8, 4) is 11.1 Å². The molecule has 2 aromatic carbocycles. The second-order valence-corrected chi connectivity index (χ2v) is 8.95. The molecule has 1 saturated carbocycles. The van der Waals surface area contributed by atoms with E-state index in [1.165, 1.54) is 22.3 Å². The van der Waals surface area contributed by atoms with Gasteiger partial charge in [-0.3, -0.25) is 9.59 Å². The molecule has 2 aliphatic rings. The van der Waals surface area contributed by atoms with Gasteiger partial charge in [0.2, 0.25) is 5.91 Å². The number of ether oxygens (including phenoxy) is 1. The molecule has 7 heteroatoms. The lowest BCUT2D eigenvalue weighted by Crippen LogP contribution is -2.50. The molecule has 1 unspecified atom stereocenters. The Morgan fingerprint density at radius 3 is 2.21 bits per heavy atom. The van der Waals surface area contributed by atoms with Crippen LogP contribution in [0, 0.1) is 11.8 Å². The number of carbonyl (C=O) groups is 3. The van der Waals surface area contributed by atoms with Crippen molar-refractivity contribution in [2.45, 2.75) is 44.6 Å². The van der Waals surface area contributed by atoms with Crippen molar-refractivity contribution in [1.82, 2.24) is 10.6 Å². The Morgan fingerprint density at radius 2 is 1.64 bits per heavy atom. The molecule has 33 heavy (non-hydrogen) atoms. The number of alkyl carbamates (subject to hydrolysis) is 1. The number of aliphatic carboxylic acids is 1. The highest BCUT2D eigenvalue weighted by molar-refractivity contribution is 5.81. The number of carboxylic acid groups (broad SMARTS) is 1. The summed E-state index contributed by atoms with van der Waals surface area (Å²) >= 11 is 0. The monoisotopic (exact) mass is 450 g/mol. The Balaban J connectivity index is 1.21. The first-order valence-electron chi connectivity index (χ1n) is 11.6. The van der Waals surface area contributed by atoms with Gasteiger partial charge < -0.3 is 20.5 Å². The second kappa shape index (κ2) is 10.1. The molecule has 3 N–H and O–H groups in total. The Hall–Kier alpha value is -3.35. The summed E-state index contributed by atoms with van der Waals surface area (Å²) < 4.78 is 5.57. The Labute approximate surface area is 193 Å². The quantitative estimate of drug-likeness (QED) is 0.537. The summed E-state index contributed by atoms with van der Waals surface area (Å²) in [6.07, 6.45) is 1.40. The minimum absolute atomic E-state index is 0.0142. The minimum Gasteiger partial charge on any atom is -0.481 e. The molecule has 2 aromatic rings. The summed E-state index contributed by atoms with van der Waals surface area (Å²) in [6.45, 7) is 2.54. The maximum Gasteiger partial charge on any atom is 0.407 e. The average molecular weight is 451 g/mol. The summed E-state index contributed by atoms with van der Waals surface area (Å²) in [5, 5.41) is 14.6. The lowest BCUT2D eigenvalue weighted by Gasteiger charge is -2.34. The van der Waals surface area contributed by atoms with Crippen LogP contribution in [0.25, 0.3) is 11.1 Å². The largest absolute Gasteiger partial charge is 0.481 e. The Morgan fingerprint density at radius 1 is 1.03 bits per heavy atom. The van der Waals surface area contributed by atoms with Gasteiger partial charge in [0, 0.05) is 30.8 Å². The zero-order valence-electron chi connectivity index (χ0n) is 18.8. The molecule has 174 valence electrons. The van der Waals surface area contributed by atoms with E-state index in [1.54, 1.807) is 0 Å². The van der Waals surface area contributed by atoms with E-state index in [9.17, 15) is 14.4 Å². The second-order valence-electron chi connectivity index (χ2n) is 8.95. The van der Waals surface area contributed by atoms with Crippen molar-refractivity contribution >= 4 is 18.0 Å². The Kier molecular flexibility index (Phi) is 6.96. The third-order valence-electron chi connectivity index (χ3n) is 6.78. The van der Waals surface area contributed by atoms with Gasteiger partial charge in [0.25, 0.3) is 0 Å². The SMILES string of the molecule is CCC(CNC(=O)C1CC(NC(=O)OCC2c3ccccc3-c3ccccc32)C1)CC(=O)O. The number of carboxylic acids is 1. The van der Waals surface area contributed by atoms with Gasteiger partial charge in [-0.2, -0.15) is 0 Å². The lowest BCUT2D eigenvalue weighted by molar-refractivity contribution is -0.138. The molecular weight excluding hydrogens is 420 g/mol. The van der Waals surface area contributed by atoms with Crippen molar-refractivity contribution in [3.63, 3.8) is 0 Å². The number of benzene rings is 2. The zero-order chi connectivity index (χ0) is 23.4. The van der Waals surface area contributed by atoms with Crippen LogP contribution >= 0.6 is 0 Å². The summed E-state index contributed by atoms with van der Waals surface area (Å²) in [6, 6.07) is 16.3. The van der Waals surface area contributed by atoms with Crippen LogP contribution in [0.5, 0.6) is 0 Å². The molecule has 0 spiro atoms. The van der Waals surface area contributed by atoms with Gasteiger partial charge >= 0.3 is 12.1 Å². The molecular formula is C26H30N2O5. The highest BCUT2D eigenvalue weighted by atomic mass is 16.5. The molecule has 0 aromatic heterocycles. The first kappa shape index (κ1) is 22.8. The zero-order valence-corrected chi connectivity index (χ0v) is 18.8. The van der Waals surface area contributed by atoms with E-state index >= 15 is 0 Å². The van der Waals surface area contributed by atoms with Gasteiger partial charge in [-0.25, -0.2) is 4.79 Å². The molecule has 1 atom stereocenters. The summed E-state index contributed by atoms with van der Waals surface area (Å²) in [5.41, 5.74) is 4.70. The predicted molar refractivity (Wildman–Crippen MR) is 124 cm³/mol. The molecule has 0 heterocycles. The normalized spacial score (nSPS) is 19.5. The molecule has 4 rings (SSSR count). The van der Waals surface area contributed by atoms with Crippen molar-refractivity contribution in [2.75, 3.05) is 13.2 Å². The number of nitrogens with one attached hydrogen (secondary N) is 2. The van der Waals surface area contributed by atoms with E-state index < -0.39 is 12.1 Å². The van der Waals surface area contributed by atoms with Crippen LogP contribution in [-0.2, 0) is 14.3 Å². The van der Waals surface area contributed by atoms with Crippen LogP contribution in [0.15, 0.2) is 48.5 Å². The van der Waals surface area contributed by atoms with Crippen LogP contribution in [0.4, 0.5) is 4.79 Å². The minimum atomic E-state index is -0.855. The molecule has 2 amide bonds. The van der Waals surface area contributed by atoms with E-state index in [0.29, 0.717) is 25.8 Å². The smallest absolute Gasteiger partial charge is 0.407 e. The van der Waals surface area contributed by atoms with E-state index in [4.69, 9.17) is 9.84 Å². The molecule has 0 saturated heterocycles. The summed E-state index contributed by atoms with van der Waals surface area (Å²) in [4.78, 5) is 35.5. The molecule has 7 nitrogen and oxygen atoms in total. The highest BCUT2D eigenvalue weighted by Gasteiger charge is 2.36. The maximum absolute atomic E-state index is 12.4. The van der Waals surface area contributed by atoms with Gasteiger partial charge in [-0.1, -0.05) is 61.9 Å². The van der Waals surface area contributed by atoms with Gasteiger partial charge in [-0.15, -0.1) is 0 Å². The van der Waals surface area contributed by atoms with Crippen LogP contribution in [0.2, 0.25) is 0 Å².